The zero-order valence-corrected chi connectivity index (χ0v) is 15.2. The number of amides is 1. The molecule has 0 aromatic heterocycles. The fraction of sp³-hybridized carbons (Fsp3) is 0.348. The predicted molar refractivity (Wildman–Crippen MR) is 105 cm³/mol. The Morgan fingerprint density at radius 1 is 1.15 bits per heavy atom. The summed E-state index contributed by atoms with van der Waals surface area (Å²) in [5.41, 5.74) is 6.21. The van der Waals surface area contributed by atoms with Crippen LogP contribution < -0.4 is 0 Å². The van der Waals surface area contributed by atoms with Gasteiger partial charge in [-0.15, -0.1) is 0 Å². The summed E-state index contributed by atoms with van der Waals surface area (Å²) in [4.78, 5) is 19.8. The lowest BCUT2D eigenvalue weighted by Crippen LogP contribution is -2.49. The van der Waals surface area contributed by atoms with Crippen molar-refractivity contribution in [1.82, 2.24) is 4.90 Å². The number of benzene rings is 2. The van der Waals surface area contributed by atoms with Crippen LogP contribution in [-0.4, -0.2) is 29.6 Å². The van der Waals surface area contributed by atoms with E-state index in [1.54, 1.807) is 0 Å². The van der Waals surface area contributed by atoms with Gasteiger partial charge in [0.1, 0.15) is 0 Å². The van der Waals surface area contributed by atoms with Gasteiger partial charge in [-0.2, -0.15) is 5.26 Å². The lowest BCUT2D eigenvalue weighted by atomic mass is 9.73. The number of rotatable bonds is 1. The summed E-state index contributed by atoms with van der Waals surface area (Å²) in [6, 6.07) is 14.5. The number of hydrogen-bond acceptors (Lipinski definition) is 3. The van der Waals surface area contributed by atoms with Gasteiger partial charge in [-0.05, 0) is 66.6 Å². The summed E-state index contributed by atoms with van der Waals surface area (Å²) in [5, 5.41) is 9.27. The number of aryl methyl sites for hydroxylation is 1. The molecule has 0 N–H and O–H groups in total. The quantitative estimate of drug-likeness (QED) is 0.771. The van der Waals surface area contributed by atoms with E-state index in [0.717, 1.165) is 49.9 Å². The van der Waals surface area contributed by atoms with E-state index in [1.165, 1.54) is 16.7 Å². The SMILES string of the molecule is N#Cc1ccc2c(c1)C1CCCN(C(=O)c3ccc4c(c3)N=CC4)[C@@H]1CC2. The third-order valence-corrected chi connectivity index (χ3v) is 6.30. The normalized spacial score (nSPS) is 22.6. The molecular weight excluding hydrogens is 334 g/mol. The molecule has 1 saturated heterocycles. The average Bonchev–Trinajstić information content (AvgIpc) is 3.20. The van der Waals surface area contributed by atoms with Crippen molar-refractivity contribution in [1.29, 1.82) is 5.26 Å². The zero-order chi connectivity index (χ0) is 18.4. The third kappa shape index (κ3) is 2.66. The molecule has 1 unspecified atom stereocenters. The van der Waals surface area contributed by atoms with Crippen molar-refractivity contribution in [2.24, 2.45) is 4.99 Å². The molecule has 0 radical (unpaired) electrons. The standard InChI is InChI=1S/C23H21N3O/c24-14-15-3-4-16-7-8-22-19(20(16)12-15)2-1-11-26(22)23(27)18-6-5-17-9-10-25-21(17)13-18/h3-6,10,12-13,19,22H,1-2,7-9,11H2/t19?,22-/m1/s1. The van der Waals surface area contributed by atoms with Gasteiger partial charge >= 0.3 is 0 Å². The summed E-state index contributed by atoms with van der Waals surface area (Å²) in [5.74, 6) is 0.460. The molecule has 1 fully saturated rings. The number of nitriles is 1. The minimum Gasteiger partial charge on any atom is -0.335 e. The van der Waals surface area contributed by atoms with Crippen molar-refractivity contribution in [2.75, 3.05) is 6.54 Å². The van der Waals surface area contributed by atoms with Crippen LogP contribution in [0.3, 0.4) is 0 Å². The Bertz CT molecular complexity index is 1000. The van der Waals surface area contributed by atoms with E-state index < -0.39 is 0 Å². The highest BCUT2D eigenvalue weighted by molar-refractivity contribution is 5.96. The van der Waals surface area contributed by atoms with Crippen LogP contribution in [0, 0.1) is 11.3 Å². The molecule has 1 aliphatic carbocycles. The number of hydrogen-bond donors (Lipinski definition) is 0. The number of aliphatic imine (C=N–C) groups is 1. The second kappa shape index (κ2) is 6.35. The van der Waals surface area contributed by atoms with Crippen molar-refractivity contribution in [3.63, 3.8) is 0 Å². The fourth-order valence-corrected chi connectivity index (χ4v) is 4.97. The molecule has 1 amide bonds. The number of nitrogens with zero attached hydrogens (tertiary/aromatic N) is 3. The molecule has 5 rings (SSSR count). The van der Waals surface area contributed by atoms with Crippen molar-refractivity contribution in [3.8, 4) is 6.07 Å². The number of carbonyl (C=O) groups is 1. The Labute approximate surface area is 159 Å². The largest absolute Gasteiger partial charge is 0.335 e. The first-order chi connectivity index (χ1) is 13.2. The monoisotopic (exact) mass is 355 g/mol. The van der Waals surface area contributed by atoms with E-state index in [2.05, 4.69) is 22.0 Å². The summed E-state index contributed by atoms with van der Waals surface area (Å²) in [7, 11) is 0. The van der Waals surface area contributed by atoms with Crippen LogP contribution in [0.5, 0.6) is 0 Å². The predicted octanol–water partition coefficient (Wildman–Crippen LogP) is 4.15. The van der Waals surface area contributed by atoms with Crippen LogP contribution in [0.1, 0.15) is 57.8 Å². The number of carbonyl (C=O) groups excluding carboxylic acids is 1. The molecule has 2 aromatic carbocycles. The van der Waals surface area contributed by atoms with E-state index >= 15 is 0 Å². The van der Waals surface area contributed by atoms with Gasteiger partial charge in [-0.1, -0.05) is 12.1 Å². The number of piperidine rings is 1. The van der Waals surface area contributed by atoms with E-state index in [4.69, 9.17) is 0 Å². The Hall–Kier alpha value is -2.93. The smallest absolute Gasteiger partial charge is 0.254 e. The van der Waals surface area contributed by atoms with Gasteiger partial charge in [-0.3, -0.25) is 9.79 Å². The minimum absolute atomic E-state index is 0.120. The lowest BCUT2D eigenvalue weighted by molar-refractivity contribution is 0.0547. The Morgan fingerprint density at radius 2 is 2.04 bits per heavy atom. The number of fused-ring (bicyclic) bond motifs is 4. The first-order valence-electron chi connectivity index (χ1n) is 9.74. The van der Waals surface area contributed by atoms with Crippen LogP contribution in [-0.2, 0) is 12.8 Å². The molecule has 2 heterocycles. The second-order valence-electron chi connectivity index (χ2n) is 7.74. The highest BCUT2D eigenvalue weighted by Gasteiger charge is 2.38. The highest BCUT2D eigenvalue weighted by atomic mass is 16.2. The summed E-state index contributed by atoms with van der Waals surface area (Å²) in [6.07, 6.45) is 6.83. The second-order valence-corrected chi connectivity index (χ2v) is 7.74. The van der Waals surface area contributed by atoms with Crippen LogP contribution in [0.4, 0.5) is 5.69 Å². The lowest BCUT2D eigenvalue weighted by Gasteiger charge is -2.45. The number of likely N-dealkylation sites (tertiary alicyclic amines) is 1. The Kier molecular flexibility index (Phi) is 3.82. The van der Waals surface area contributed by atoms with Crippen LogP contribution in [0.15, 0.2) is 41.4 Å². The molecule has 27 heavy (non-hydrogen) atoms. The molecule has 0 spiro atoms. The van der Waals surface area contributed by atoms with Crippen LogP contribution in [0.25, 0.3) is 0 Å². The molecule has 3 aliphatic rings. The zero-order valence-electron chi connectivity index (χ0n) is 15.2. The highest BCUT2D eigenvalue weighted by Crippen LogP contribution is 2.41. The molecule has 4 nitrogen and oxygen atoms in total. The molecule has 0 bridgehead atoms. The summed E-state index contributed by atoms with van der Waals surface area (Å²) >= 11 is 0. The molecule has 2 aliphatic heterocycles. The minimum atomic E-state index is 0.120. The molecule has 4 heteroatoms. The van der Waals surface area contributed by atoms with Crippen LogP contribution in [0.2, 0.25) is 0 Å². The van der Waals surface area contributed by atoms with E-state index in [1.807, 2.05) is 36.5 Å². The van der Waals surface area contributed by atoms with Gasteiger partial charge in [0.25, 0.3) is 5.91 Å². The summed E-state index contributed by atoms with van der Waals surface area (Å²) in [6.45, 7) is 0.813. The summed E-state index contributed by atoms with van der Waals surface area (Å²) < 4.78 is 0. The van der Waals surface area contributed by atoms with Gasteiger partial charge in [0.05, 0.1) is 17.3 Å². The fourth-order valence-electron chi connectivity index (χ4n) is 4.97. The topological polar surface area (TPSA) is 56.5 Å². The maximum atomic E-state index is 13.3. The van der Waals surface area contributed by atoms with Gasteiger partial charge < -0.3 is 4.90 Å². The Morgan fingerprint density at radius 3 is 2.93 bits per heavy atom. The van der Waals surface area contributed by atoms with E-state index in [0.29, 0.717) is 11.5 Å². The molecule has 0 saturated carbocycles. The molecule has 134 valence electrons. The van der Waals surface area contributed by atoms with Crippen molar-refractivity contribution >= 4 is 17.8 Å². The van der Waals surface area contributed by atoms with Crippen molar-refractivity contribution in [3.05, 3.63) is 64.2 Å². The molecule has 2 aromatic rings. The average molecular weight is 355 g/mol. The van der Waals surface area contributed by atoms with Crippen molar-refractivity contribution in [2.45, 2.75) is 44.1 Å². The van der Waals surface area contributed by atoms with Crippen LogP contribution >= 0.6 is 0 Å². The molecule has 2 atom stereocenters. The van der Waals surface area contributed by atoms with Crippen molar-refractivity contribution < 1.29 is 4.79 Å². The third-order valence-electron chi connectivity index (χ3n) is 6.30. The van der Waals surface area contributed by atoms with E-state index in [9.17, 15) is 10.1 Å². The Balaban J connectivity index is 1.47. The maximum Gasteiger partial charge on any atom is 0.254 e. The van der Waals surface area contributed by atoms with E-state index in [-0.39, 0.29) is 11.9 Å². The van der Waals surface area contributed by atoms with Gasteiger partial charge in [0, 0.05) is 36.7 Å². The van der Waals surface area contributed by atoms with Gasteiger partial charge in [0.15, 0.2) is 0 Å². The van der Waals surface area contributed by atoms with Gasteiger partial charge in [0.2, 0.25) is 0 Å². The molecular formula is C23H21N3O. The van der Waals surface area contributed by atoms with Gasteiger partial charge in [-0.25, -0.2) is 0 Å². The first kappa shape index (κ1) is 16.3. The first-order valence-corrected chi connectivity index (χ1v) is 9.74. The maximum absolute atomic E-state index is 13.3.